The lowest BCUT2D eigenvalue weighted by Crippen LogP contribution is -1.90. The molecule has 1 N–H and O–H groups in total. The number of hydrogen-bond donors (Lipinski definition) is 1. The van der Waals surface area contributed by atoms with Crippen molar-refractivity contribution < 1.29 is 9.90 Å². The van der Waals surface area contributed by atoms with E-state index in [9.17, 15) is 9.90 Å². The van der Waals surface area contributed by atoms with Crippen LogP contribution in [0.2, 0.25) is 0 Å². The molecule has 0 amide bonds. The van der Waals surface area contributed by atoms with Crippen molar-refractivity contribution in [3.63, 3.8) is 0 Å². The van der Waals surface area contributed by atoms with Gasteiger partial charge < -0.3 is 5.11 Å². The Kier molecular flexibility index (Phi) is 3.21. The summed E-state index contributed by atoms with van der Waals surface area (Å²) < 4.78 is 0. The average Bonchev–Trinajstić information content (AvgIpc) is 2.48. The molecular weight excluding hydrogens is 248 g/mol. The molecule has 20 heavy (non-hydrogen) atoms. The summed E-state index contributed by atoms with van der Waals surface area (Å²) in [5, 5.41) is 11.7. The molecule has 0 aliphatic heterocycles. The summed E-state index contributed by atoms with van der Waals surface area (Å²) in [7, 11) is 0. The number of hydrogen-bond acceptors (Lipinski definition) is 2. The molecular formula is C18H14O2. The molecule has 2 nitrogen and oxygen atoms in total. The molecule has 0 saturated heterocycles. The largest absolute Gasteiger partial charge is 0.508 e. The Morgan fingerprint density at radius 2 is 1.75 bits per heavy atom. The van der Waals surface area contributed by atoms with Crippen LogP contribution in [0.5, 0.6) is 5.75 Å². The highest BCUT2D eigenvalue weighted by molar-refractivity contribution is 5.87. The molecule has 0 atom stereocenters. The summed E-state index contributed by atoms with van der Waals surface area (Å²) in [5.74, 6) is 0.282. The van der Waals surface area contributed by atoms with Crippen molar-refractivity contribution in [1.82, 2.24) is 0 Å². The lowest BCUT2D eigenvalue weighted by atomic mass is 9.98. The molecule has 3 aromatic rings. The van der Waals surface area contributed by atoms with Gasteiger partial charge in [-0.05, 0) is 40.5 Å². The molecule has 0 spiro atoms. The highest BCUT2D eigenvalue weighted by atomic mass is 16.3. The fourth-order valence-corrected chi connectivity index (χ4v) is 2.43. The second-order valence-corrected chi connectivity index (χ2v) is 4.86. The molecule has 3 rings (SSSR count). The van der Waals surface area contributed by atoms with E-state index >= 15 is 0 Å². The number of carbonyl (C=O) groups excluding carboxylic acids is 1. The van der Waals surface area contributed by atoms with Crippen LogP contribution >= 0.6 is 0 Å². The minimum atomic E-state index is 0.282. The molecule has 0 bridgehead atoms. The van der Waals surface area contributed by atoms with Crippen molar-refractivity contribution in [2.45, 2.75) is 6.42 Å². The van der Waals surface area contributed by atoms with Gasteiger partial charge in [0, 0.05) is 5.56 Å². The lowest BCUT2D eigenvalue weighted by Gasteiger charge is -2.07. The second-order valence-electron chi connectivity index (χ2n) is 4.86. The number of aromatic hydroxyl groups is 1. The Morgan fingerprint density at radius 3 is 2.50 bits per heavy atom. The molecule has 0 fully saturated rings. The standard InChI is InChI=1S/C18H14O2/c19-12-14-6-4-13(5-7-14)10-15-2-1-3-16-11-17(20)8-9-18(15)16/h1-9,11-12,20H,10H2. The summed E-state index contributed by atoms with van der Waals surface area (Å²) in [6, 6.07) is 19.1. The Labute approximate surface area is 117 Å². The fourth-order valence-electron chi connectivity index (χ4n) is 2.43. The first kappa shape index (κ1) is 12.4. The topological polar surface area (TPSA) is 37.3 Å². The Balaban J connectivity index is 1.99. The summed E-state index contributed by atoms with van der Waals surface area (Å²) in [5.41, 5.74) is 3.06. The van der Waals surface area contributed by atoms with Gasteiger partial charge in [-0.15, -0.1) is 0 Å². The van der Waals surface area contributed by atoms with Gasteiger partial charge in [0.25, 0.3) is 0 Å². The molecule has 0 unspecified atom stereocenters. The predicted octanol–water partition coefficient (Wildman–Crippen LogP) is 3.95. The molecule has 0 radical (unpaired) electrons. The first-order chi connectivity index (χ1) is 9.76. The zero-order valence-electron chi connectivity index (χ0n) is 10.9. The van der Waals surface area contributed by atoms with Crippen molar-refractivity contribution in [3.05, 3.63) is 77.4 Å². The van der Waals surface area contributed by atoms with Crippen LogP contribution < -0.4 is 0 Å². The third-order valence-corrected chi connectivity index (χ3v) is 3.46. The Bertz CT molecular complexity index is 758. The van der Waals surface area contributed by atoms with E-state index in [0.717, 1.165) is 29.0 Å². The van der Waals surface area contributed by atoms with E-state index < -0.39 is 0 Å². The van der Waals surface area contributed by atoms with Crippen molar-refractivity contribution in [2.75, 3.05) is 0 Å². The minimum Gasteiger partial charge on any atom is -0.508 e. The third kappa shape index (κ3) is 2.41. The van der Waals surface area contributed by atoms with Gasteiger partial charge in [0.1, 0.15) is 12.0 Å². The predicted molar refractivity (Wildman–Crippen MR) is 80.2 cm³/mol. The maximum atomic E-state index is 10.7. The number of benzene rings is 3. The number of fused-ring (bicyclic) bond motifs is 1. The molecule has 0 aromatic heterocycles. The van der Waals surface area contributed by atoms with Crippen LogP contribution in [0, 0.1) is 0 Å². The molecule has 0 aliphatic carbocycles. The molecule has 2 heteroatoms. The van der Waals surface area contributed by atoms with Crippen LogP contribution in [0.1, 0.15) is 21.5 Å². The number of rotatable bonds is 3. The van der Waals surface area contributed by atoms with E-state index in [2.05, 4.69) is 6.07 Å². The van der Waals surface area contributed by atoms with Gasteiger partial charge in [-0.25, -0.2) is 0 Å². The summed E-state index contributed by atoms with van der Waals surface area (Å²) in [4.78, 5) is 10.7. The number of aldehydes is 1. The molecule has 98 valence electrons. The minimum absolute atomic E-state index is 0.282. The van der Waals surface area contributed by atoms with E-state index in [1.54, 1.807) is 12.1 Å². The SMILES string of the molecule is O=Cc1ccc(Cc2cccc3cc(O)ccc23)cc1. The highest BCUT2D eigenvalue weighted by Gasteiger charge is 2.03. The van der Waals surface area contributed by atoms with Crippen LogP contribution in [0.3, 0.4) is 0 Å². The summed E-state index contributed by atoms with van der Waals surface area (Å²) in [6.07, 6.45) is 1.66. The normalized spacial score (nSPS) is 10.6. The molecule has 0 heterocycles. The number of phenolic OH excluding ortho intramolecular Hbond substituents is 1. The second kappa shape index (κ2) is 5.17. The lowest BCUT2D eigenvalue weighted by molar-refractivity contribution is 0.112. The van der Waals surface area contributed by atoms with Crippen molar-refractivity contribution in [1.29, 1.82) is 0 Å². The molecule has 0 aliphatic rings. The average molecular weight is 262 g/mol. The zero-order valence-corrected chi connectivity index (χ0v) is 10.9. The maximum absolute atomic E-state index is 10.7. The summed E-state index contributed by atoms with van der Waals surface area (Å²) >= 11 is 0. The first-order valence-electron chi connectivity index (χ1n) is 6.51. The zero-order chi connectivity index (χ0) is 13.9. The van der Waals surface area contributed by atoms with Crippen molar-refractivity contribution in [2.24, 2.45) is 0 Å². The van der Waals surface area contributed by atoms with Gasteiger partial charge in [0.05, 0.1) is 0 Å². The fraction of sp³-hybridized carbons (Fsp3) is 0.0556. The van der Waals surface area contributed by atoms with E-state index in [-0.39, 0.29) is 5.75 Å². The van der Waals surface area contributed by atoms with Gasteiger partial charge >= 0.3 is 0 Å². The van der Waals surface area contributed by atoms with E-state index in [0.29, 0.717) is 5.56 Å². The van der Waals surface area contributed by atoms with E-state index in [1.807, 2.05) is 42.5 Å². The number of carbonyl (C=O) groups is 1. The summed E-state index contributed by atoms with van der Waals surface area (Å²) in [6.45, 7) is 0. The monoisotopic (exact) mass is 262 g/mol. The van der Waals surface area contributed by atoms with Crippen molar-refractivity contribution >= 4 is 17.1 Å². The van der Waals surface area contributed by atoms with Crippen LogP contribution in [0.25, 0.3) is 10.8 Å². The third-order valence-electron chi connectivity index (χ3n) is 3.46. The van der Waals surface area contributed by atoms with Gasteiger partial charge in [0.2, 0.25) is 0 Å². The smallest absolute Gasteiger partial charge is 0.150 e. The van der Waals surface area contributed by atoms with E-state index in [1.165, 1.54) is 5.56 Å². The van der Waals surface area contributed by atoms with Crippen LogP contribution in [-0.2, 0) is 6.42 Å². The van der Waals surface area contributed by atoms with Crippen LogP contribution in [0.15, 0.2) is 60.7 Å². The van der Waals surface area contributed by atoms with Crippen molar-refractivity contribution in [3.8, 4) is 5.75 Å². The van der Waals surface area contributed by atoms with Gasteiger partial charge in [-0.3, -0.25) is 4.79 Å². The van der Waals surface area contributed by atoms with E-state index in [4.69, 9.17) is 0 Å². The Morgan fingerprint density at radius 1 is 0.950 bits per heavy atom. The quantitative estimate of drug-likeness (QED) is 0.726. The van der Waals surface area contributed by atoms with Gasteiger partial charge in [0.15, 0.2) is 0 Å². The first-order valence-corrected chi connectivity index (χ1v) is 6.51. The number of phenols is 1. The van der Waals surface area contributed by atoms with Gasteiger partial charge in [-0.2, -0.15) is 0 Å². The van der Waals surface area contributed by atoms with Crippen LogP contribution in [0.4, 0.5) is 0 Å². The van der Waals surface area contributed by atoms with Crippen LogP contribution in [-0.4, -0.2) is 11.4 Å². The maximum Gasteiger partial charge on any atom is 0.150 e. The molecule has 0 saturated carbocycles. The highest BCUT2D eigenvalue weighted by Crippen LogP contribution is 2.25. The molecule has 3 aromatic carbocycles. The van der Waals surface area contributed by atoms with Gasteiger partial charge in [-0.1, -0.05) is 48.5 Å². The Hall–Kier alpha value is -2.61.